The minimum absolute atomic E-state index is 0.321. The number of anilines is 1. The molecule has 0 unspecified atom stereocenters. The van der Waals surface area contributed by atoms with Crippen molar-refractivity contribution in [1.82, 2.24) is 9.78 Å². The lowest BCUT2D eigenvalue weighted by atomic mass is 10.2. The molecule has 1 heterocycles. The maximum absolute atomic E-state index is 13.1. The molecule has 0 aliphatic rings. The van der Waals surface area contributed by atoms with Crippen LogP contribution >= 0.6 is 0 Å². The summed E-state index contributed by atoms with van der Waals surface area (Å²) in [6.07, 6.45) is 1.49. The highest BCUT2D eigenvalue weighted by Crippen LogP contribution is 2.19. The first-order chi connectivity index (χ1) is 5.68. The predicted molar refractivity (Wildman–Crippen MR) is 45.1 cm³/mol. The van der Waals surface area contributed by atoms with Gasteiger partial charge in [0.2, 0.25) is 0 Å². The van der Waals surface area contributed by atoms with Crippen molar-refractivity contribution in [2.75, 3.05) is 5.73 Å². The quantitative estimate of drug-likeness (QED) is 0.598. The third kappa shape index (κ3) is 0.845. The number of hydrogen-bond donors (Lipinski definition) is 1. The molecule has 3 nitrogen and oxygen atoms in total. The van der Waals surface area contributed by atoms with Crippen LogP contribution in [0.3, 0.4) is 0 Å². The summed E-state index contributed by atoms with van der Waals surface area (Å²) in [5.41, 5.74) is 6.61. The SMILES string of the molecule is Cn1ncc2c(F)cc(N)cc21. The van der Waals surface area contributed by atoms with Gasteiger partial charge in [0.25, 0.3) is 0 Å². The van der Waals surface area contributed by atoms with Crippen LogP contribution in [0.25, 0.3) is 10.9 Å². The molecule has 0 radical (unpaired) electrons. The van der Waals surface area contributed by atoms with E-state index in [1.165, 1.54) is 12.3 Å². The topological polar surface area (TPSA) is 43.8 Å². The van der Waals surface area contributed by atoms with Crippen molar-refractivity contribution >= 4 is 16.6 Å². The molecule has 0 spiro atoms. The van der Waals surface area contributed by atoms with E-state index >= 15 is 0 Å². The molecule has 1 aromatic carbocycles. The van der Waals surface area contributed by atoms with Gasteiger partial charge < -0.3 is 5.73 Å². The number of nitrogens with zero attached hydrogens (tertiary/aromatic N) is 2. The summed E-state index contributed by atoms with van der Waals surface area (Å²) < 4.78 is 14.7. The van der Waals surface area contributed by atoms with E-state index in [2.05, 4.69) is 5.10 Å². The van der Waals surface area contributed by atoms with Crippen LogP contribution in [0.1, 0.15) is 0 Å². The Balaban J connectivity index is 2.92. The highest BCUT2D eigenvalue weighted by molar-refractivity contribution is 5.82. The van der Waals surface area contributed by atoms with Crippen LogP contribution in [0, 0.1) is 5.82 Å². The smallest absolute Gasteiger partial charge is 0.136 e. The van der Waals surface area contributed by atoms with E-state index in [0.717, 1.165) is 0 Å². The van der Waals surface area contributed by atoms with Gasteiger partial charge in [-0.2, -0.15) is 5.10 Å². The monoisotopic (exact) mass is 165 g/mol. The van der Waals surface area contributed by atoms with Gasteiger partial charge in [-0.3, -0.25) is 4.68 Å². The number of hydrogen-bond acceptors (Lipinski definition) is 2. The number of aromatic nitrogens is 2. The average molecular weight is 165 g/mol. The predicted octanol–water partition coefficient (Wildman–Crippen LogP) is 1.29. The first-order valence-corrected chi connectivity index (χ1v) is 3.55. The molecule has 1 aromatic heterocycles. The second-order valence-corrected chi connectivity index (χ2v) is 2.70. The largest absolute Gasteiger partial charge is 0.399 e. The average Bonchev–Trinajstić information content (AvgIpc) is 2.33. The molecule has 0 fully saturated rings. The number of benzene rings is 1. The van der Waals surface area contributed by atoms with Crippen molar-refractivity contribution in [3.8, 4) is 0 Å². The first kappa shape index (κ1) is 7.09. The summed E-state index contributed by atoms with van der Waals surface area (Å²) in [6, 6.07) is 3.00. The fourth-order valence-electron chi connectivity index (χ4n) is 1.23. The lowest BCUT2D eigenvalue weighted by molar-refractivity contribution is 0.640. The van der Waals surface area contributed by atoms with Gasteiger partial charge in [0, 0.05) is 12.7 Å². The molecular formula is C8H8FN3. The van der Waals surface area contributed by atoms with Gasteiger partial charge in [-0.15, -0.1) is 0 Å². The summed E-state index contributed by atoms with van der Waals surface area (Å²) in [5.74, 6) is -0.321. The fourth-order valence-corrected chi connectivity index (χ4v) is 1.23. The molecule has 0 aliphatic heterocycles. The van der Waals surface area contributed by atoms with Crippen molar-refractivity contribution in [1.29, 1.82) is 0 Å². The minimum atomic E-state index is -0.321. The van der Waals surface area contributed by atoms with E-state index in [9.17, 15) is 4.39 Å². The van der Waals surface area contributed by atoms with E-state index in [-0.39, 0.29) is 5.82 Å². The molecule has 0 aliphatic carbocycles. The molecule has 0 saturated heterocycles. The normalized spacial score (nSPS) is 10.8. The highest BCUT2D eigenvalue weighted by Gasteiger charge is 2.05. The molecule has 2 N–H and O–H groups in total. The Kier molecular flexibility index (Phi) is 1.30. The van der Waals surface area contributed by atoms with Crippen LogP contribution in [0.5, 0.6) is 0 Å². The Labute approximate surface area is 68.6 Å². The van der Waals surface area contributed by atoms with Crippen molar-refractivity contribution in [3.63, 3.8) is 0 Å². The zero-order valence-electron chi connectivity index (χ0n) is 6.58. The summed E-state index contributed by atoms with van der Waals surface area (Å²) in [6.45, 7) is 0. The first-order valence-electron chi connectivity index (χ1n) is 3.55. The molecule has 4 heteroatoms. The lowest BCUT2D eigenvalue weighted by Crippen LogP contribution is -1.91. The van der Waals surface area contributed by atoms with Crippen LogP contribution in [0.4, 0.5) is 10.1 Å². The fraction of sp³-hybridized carbons (Fsp3) is 0.125. The Morgan fingerprint density at radius 3 is 3.00 bits per heavy atom. The van der Waals surface area contributed by atoms with E-state index in [4.69, 9.17) is 5.73 Å². The van der Waals surface area contributed by atoms with Gasteiger partial charge in [-0.25, -0.2) is 4.39 Å². The summed E-state index contributed by atoms with van der Waals surface area (Å²) >= 11 is 0. The molecule has 0 atom stereocenters. The maximum atomic E-state index is 13.1. The maximum Gasteiger partial charge on any atom is 0.136 e. The molecule has 62 valence electrons. The molecule has 2 rings (SSSR count). The van der Waals surface area contributed by atoms with Gasteiger partial charge in [0.05, 0.1) is 17.1 Å². The second-order valence-electron chi connectivity index (χ2n) is 2.70. The zero-order chi connectivity index (χ0) is 8.72. The van der Waals surface area contributed by atoms with Gasteiger partial charge in [0.15, 0.2) is 0 Å². The highest BCUT2D eigenvalue weighted by atomic mass is 19.1. The summed E-state index contributed by atoms with van der Waals surface area (Å²) in [4.78, 5) is 0. The van der Waals surface area contributed by atoms with Crippen molar-refractivity contribution < 1.29 is 4.39 Å². The number of nitrogen functional groups attached to an aromatic ring is 1. The molecule has 0 bridgehead atoms. The van der Waals surface area contributed by atoms with E-state index in [0.29, 0.717) is 16.6 Å². The van der Waals surface area contributed by atoms with Gasteiger partial charge in [0.1, 0.15) is 5.82 Å². The van der Waals surface area contributed by atoms with Gasteiger partial charge in [-0.05, 0) is 12.1 Å². The number of halogens is 1. The molecule has 2 aromatic rings. The van der Waals surface area contributed by atoms with E-state index in [1.54, 1.807) is 17.8 Å². The Hall–Kier alpha value is -1.58. The molecule has 0 saturated carbocycles. The van der Waals surface area contributed by atoms with E-state index in [1.807, 2.05) is 0 Å². The third-order valence-corrected chi connectivity index (χ3v) is 1.84. The Bertz CT molecular complexity index is 433. The number of nitrogens with two attached hydrogens (primary N) is 1. The van der Waals surface area contributed by atoms with Crippen molar-refractivity contribution in [2.24, 2.45) is 7.05 Å². The second kappa shape index (κ2) is 2.20. The summed E-state index contributed by atoms with van der Waals surface area (Å²) in [5, 5.41) is 4.43. The standard InChI is InChI=1S/C8H8FN3/c1-12-8-3-5(10)2-7(9)6(8)4-11-12/h2-4H,10H2,1H3. The summed E-state index contributed by atoms with van der Waals surface area (Å²) in [7, 11) is 1.75. The minimum Gasteiger partial charge on any atom is -0.399 e. The van der Waals surface area contributed by atoms with Gasteiger partial charge >= 0.3 is 0 Å². The van der Waals surface area contributed by atoms with Crippen molar-refractivity contribution in [2.45, 2.75) is 0 Å². The van der Waals surface area contributed by atoms with Crippen LogP contribution in [0.2, 0.25) is 0 Å². The van der Waals surface area contributed by atoms with Gasteiger partial charge in [-0.1, -0.05) is 0 Å². The molecule has 12 heavy (non-hydrogen) atoms. The number of fused-ring (bicyclic) bond motifs is 1. The molecular weight excluding hydrogens is 157 g/mol. The number of aryl methyl sites for hydroxylation is 1. The third-order valence-electron chi connectivity index (χ3n) is 1.84. The van der Waals surface area contributed by atoms with Crippen LogP contribution in [0.15, 0.2) is 18.3 Å². The van der Waals surface area contributed by atoms with Crippen LogP contribution < -0.4 is 5.73 Å². The lowest BCUT2D eigenvalue weighted by Gasteiger charge is -1.97. The van der Waals surface area contributed by atoms with E-state index < -0.39 is 0 Å². The Morgan fingerprint density at radius 1 is 1.50 bits per heavy atom. The van der Waals surface area contributed by atoms with Crippen molar-refractivity contribution in [3.05, 3.63) is 24.1 Å². The van der Waals surface area contributed by atoms with Crippen LogP contribution in [-0.2, 0) is 7.05 Å². The molecule has 0 amide bonds. The van der Waals surface area contributed by atoms with Crippen LogP contribution in [-0.4, -0.2) is 9.78 Å². The number of rotatable bonds is 0. The Morgan fingerprint density at radius 2 is 2.25 bits per heavy atom. The zero-order valence-corrected chi connectivity index (χ0v) is 6.58.